The summed E-state index contributed by atoms with van der Waals surface area (Å²) in [7, 11) is 1.75. The number of alkyl halides is 3. The number of hydrogen-bond acceptors (Lipinski definition) is 8. The lowest BCUT2D eigenvalue weighted by Crippen LogP contribution is -2.45. The van der Waals surface area contributed by atoms with E-state index >= 15 is 0 Å². The Morgan fingerprint density at radius 1 is 1.02 bits per heavy atom. The van der Waals surface area contributed by atoms with E-state index in [0.29, 0.717) is 52.3 Å². The van der Waals surface area contributed by atoms with Gasteiger partial charge in [-0.2, -0.15) is 13.2 Å². The van der Waals surface area contributed by atoms with E-state index in [1.165, 1.54) is 12.3 Å². The van der Waals surface area contributed by atoms with Gasteiger partial charge in [-0.25, -0.2) is 19.7 Å². The van der Waals surface area contributed by atoms with Crippen LogP contribution in [0.1, 0.15) is 50.8 Å². The van der Waals surface area contributed by atoms with Crippen molar-refractivity contribution in [1.29, 1.82) is 0 Å². The minimum absolute atomic E-state index is 0.0192. The van der Waals surface area contributed by atoms with Gasteiger partial charge >= 0.3 is 12.3 Å². The van der Waals surface area contributed by atoms with Gasteiger partial charge in [0, 0.05) is 75.9 Å². The average molecular weight is 715 g/mol. The van der Waals surface area contributed by atoms with Crippen LogP contribution in [0, 0.1) is 11.8 Å². The van der Waals surface area contributed by atoms with Crippen molar-refractivity contribution in [3.05, 3.63) is 93.8 Å². The van der Waals surface area contributed by atoms with Crippen LogP contribution in [0.25, 0.3) is 11.4 Å². The molecular weight excluding hydrogens is 677 g/mol. The topological polar surface area (TPSA) is 150 Å². The van der Waals surface area contributed by atoms with Crippen LogP contribution in [0.2, 0.25) is 0 Å². The van der Waals surface area contributed by atoms with Crippen LogP contribution in [0.3, 0.4) is 0 Å². The first kappa shape index (κ1) is 36.1. The number of fused-ring (bicyclic) bond motifs is 1. The molecule has 0 radical (unpaired) electrons. The molecule has 1 saturated heterocycles. The van der Waals surface area contributed by atoms with E-state index in [1.54, 1.807) is 41.9 Å². The molecule has 4 heterocycles. The number of amides is 3. The number of anilines is 2. The summed E-state index contributed by atoms with van der Waals surface area (Å²) in [6, 6.07) is 12.0. The number of carboxylic acid groups (broad SMARTS) is 1. The van der Waals surface area contributed by atoms with Crippen LogP contribution in [0.5, 0.6) is 0 Å². The lowest BCUT2D eigenvalue weighted by Gasteiger charge is -2.34. The van der Waals surface area contributed by atoms with Gasteiger partial charge in [-0.1, -0.05) is 37.0 Å². The Morgan fingerprint density at radius 3 is 2.48 bits per heavy atom. The van der Waals surface area contributed by atoms with Crippen LogP contribution in [0.4, 0.5) is 29.6 Å². The molecule has 12 nitrogen and oxygen atoms in total. The van der Waals surface area contributed by atoms with E-state index in [9.17, 15) is 32.7 Å². The largest absolute Gasteiger partial charge is 0.465 e. The van der Waals surface area contributed by atoms with Crippen molar-refractivity contribution >= 4 is 29.5 Å². The van der Waals surface area contributed by atoms with E-state index < -0.39 is 29.6 Å². The second-order valence-corrected chi connectivity index (χ2v) is 12.7. The maximum Gasteiger partial charge on any atom is 0.416 e. The Morgan fingerprint density at radius 2 is 1.77 bits per heavy atom. The summed E-state index contributed by atoms with van der Waals surface area (Å²) >= 11 is 0. The van der Waals surface area contributed by atoms with Crippen molar-refractivity contribution in [3.63, 3.8) is 0 Å². The number of nitrogens with two attached hydrogens (primary N) is 1. The number of carbonyl (C=O) groups excluding carboxylic acids is 2. The Balaban J connectivity index is 1.21. The first-order valence-corrected chi connectivity index (χ1v) is 16.7. The minimum Gasteiger partial charge on any atom is -0.465 e. The molecule has 0 bridgehead atoms. The van der Waals surface area contributed by atoms with Crippen LogP contribution in [-0.4, -0.2) is 91.5 Å². The molecule has 0 atom stereocenters. The fraction of sp³-hybridized carbons (Fsp3) is 0.324. The monoisotopic (exact) mass is 714 g/mol. The lowest BCUT2D eigenvalue weighted by molar-refractivity contribution is -0.137. The van der Waals surface area contributed by atoms with Crippen molar-refractivity contribution in [3.8, 4) is 23.2 Å². The molecule has 270 valence electrons. The number of halogens is 3. The van der Waals surface area contributed by atoms with Crippen molar-refractivity contribution in [2.45, 2.75) is 32.5 Å². The predicted octanol–water partition coefficient (Wildman–Crippen LogP) is 4.48. The molecule has 2 aliphatic heterocycles. The molecule has 6 rings (SSSR count). The van der Waals surface area contributed by atoms with E-state index in [0.717, 1.165) is 49.8 Å². The van der Waals surface area contributed by atoms with Crippen LogP contribution >= 0.6 is 0 Å². The maximum atomic E-state index is 13.6. The third-order valence-electron chi connectivity index (χ3n) is 9.34. The van der Waals surface area contributed by atoms with E-state index in [2.05, 4.69) is 43.8 Å². The Hall–Kier alpha value is -5.72. The predicted molar refractivity (Wildman–Crippen MR) is 187 cm³/mol. The average Bonchev–Trinajstić information content (AvgIpc) is 3.45. The number of aromatic nitrogens is 3. The number of likely N-dealkylation sites (N-methyl/N-ethyl adjacent to an activating group) is 1. The number of nitrogen functional groups attached to an aromatic ring is 1. The van der Waals surface area contributed by atoms with E-state index in [-0.39, 0.29) is 30.2 Å². The van der Waals surface area contributed by atoms with Gasteiger partial charge in [0.2, 0.25) is 11.9 Å². The summed E-state index contributed by atoms with van der Waals surface area (Å²) in [5.74, 6) is 4.98. The third kappa shape index (κ3) is 7.93. The molecular formula is C37H37F3N8O4. The summed E-state index contributed by atoms with van der Waals surface area (Å²) < 4.78 is 42.7. The number of benzene rings is 2. The highest BCUT2D eigenvalue weighted by Crippen LogP contribution is 2.33. The molecule has 0 saturated carbocycles. The number of rotatable bonds is 7. The molecule has 0 spiro atoms. The number of piperazine rings is 1. The summed E-state index contributed by atoms with van der Waals surface area (Å²) in [6.07, 6.45) is -4.21. The molecule has 15 heteroatoms. The first-order valence-electron chi connectivity index (χ1n) is 16.7. The number of carbonyl (C=O) groups is 3. The van der Waals surface area contributed by atoms with Crippen LogP contribution < -0.4 is 11.1 Å². The SMILES string of the molecule is CCN1CCN(Cc2ccc(C(F)(F)F)cc2NC(=O)Cc2cccc(C#Cc3cnc(N)nc3-c3cc4c(n3C)CCN(C(=O)O)C4=O)c2)CC1. The zero-order valence-electron chi connectivity index (χ0n) is 28.6. The Kier molecular flexibility index (Phi) is 10.3. The zero-order chi connectivity index (χ0) is 37.2. The molecule has 0 unspecified atom stereocenters. The van der Waals surface area contributed by atoms with E-state index in [4.69, 9.17) is 5.73 Å². The van der Waals surface area contributed by atoms with Gasteiger partial charge < -0.3 is 25.6 Å². The molecule has 2 aromatic heterocycles. The number of hydrogen-bond donors (Lipinski definition) is 3. The molecule has 1 fully saturated rings. The highest BCUT2D eigenvalue weighted by atomic mass is 19.4. The fourth-order valence-corrected chi connectivity index (χ4v) is 6.48. The molecule has 2 aliphatic rings. The number of nitrogens with zero attached hydrogens (tertiary/aromatic N) is 6. The summed E-state index contributed by atoms with van der Waals surface area (Å²) in [6.45, 7) is 6.76. The van der Waals surface area contributed by atoms with Gasteiger partial charge in [0.05, 0.1) is 28.8 Å². The first-order chi connectivity index (χ1) is 24.8. The number of nitrogens with one attached hydrogen (secondary N) is 1. The van der Waals surface area contributed by atoms with Gasteiger partial charge in [0.1, 0.15) is 5.69 Å². The molecule has 3 amide bonds. The Labute approximate surface area is 298 Å². The lowest BCUT2D eigenvalue weighted by atomic mass is 10.1. The smallest absolute Gasteiger partial charge is 0.416 e. The summed E-state index contributed by atoms with van der Waals surface area (Å²) in [5.41, 5.74) is 9.13. The number of imide groups is 1. The van der Waals surface area contributed by atoms with Gasteiger partial charge in [-0.3, -0.25) is 14.5 Å². The summed E-state index contributed by atoms with van der Waals surface area (Å²) in [4.78, 5) is 51.4. The standard InChI is InChI=1S/C37H37F3N8O4/c1-3-46-13-15-47(16-14-46)22-26-9-10-27(37(38,39)40)19-29(26)43-32(49)18-24-6-4-5-23(17-24)7-8-25-21-42-35(41)44-33(25)31-20-28-30(45(31)2)11-12-48(34(28)50)36(51)52/h4-6,9-10,17,19-21H,3,11-16,18,22H2,1-2H3,(H,43,49)(H,51,52)(H2,41,42,44). The highest BCUT2D eigenvalue weighted by molar-refractivity contribution is 6.05. The molecule has 4 aromatic rings. The zero-order valence-corrected chi connectivity index (χ0v) is 28.6. The quantitative estimate of drug-likeness (QED) is 0.236. The van der Waals surface area contributed by atoms with Crippen molar-refractivity contribution in [1.82, 2.24) is 29.2 Å². The van der Waals surface area contributed by atoms with Crippen molar-refractivity contribution in [2.75, 3.05) is 50.3 Å². The van der Waals surface area contributed by atoms with Gasteiger partial charge in [0.15, 0.2) is 0 Å². The van der Waals surface area contributed by atoms with Gasteiger partial charge in [-0.05, 0) is 48.0 Å². The highest BCUT2D eigenvalue weighted by Gasteiger charge is 2.33. The van der Waals surface area contributed by atoms with E-state index in [1.807, 2.05) is 0 Å². The molecule has 0 aliphatic carbocycles. The Bertz CT molecular complexity index is 2090. The summed E-state index contributed by atoms with van der Waals surface area (Å²) in [5, 5.41) is 12.1. The van der Waals surface area contributed by atoms with Crippen LogP contribution in [-0.2, 0) is 37.4 Å². The molecule has 52 heavy (non-hydrogen) atoms. The van der Waals surface area contributed by atoms with Crippen molar-refractivity contribution in [2.24, 2.45) is 7.05 Å². The third-order valence-corrected chi connectivity index (χ3v) is 9.34. The second kappa shape index (κ2) is 14.9. The van der Waals surface area contributed by atoms with Crippen molar-refractivity contribution < 1.29 is 32.7 Å². The van der Waals surface area contributed by atoms with Gasteiger partial charge in [-0.15, -0.1) is 0 Å². The second-order valence-electron chi connectivity index (χ2n) is 12.7. The molecule has 2 aromatic carbocycles. The van der Waals surface area contributed by atoms with Gasteiger partial charge in [0.25, 0.3) is 5.91 Å². The molecule has 4 N–H and O–H groups in total. The minimum atomic E-state index is -4.56. The maximum absolute atomic E-state index is 13.6. The van der Waals surface area contributed by atoms with Crippen LogP contribution in [0.15, 0.2) is 54.7 Å². The fourth-order valence-electron chi connectivity index (χ4n) is 6.48. The normalized spacial score (nSPS) is 15.2.